The minimum absolute atomic E-state index is 0.0583. The van der Waals surface area contributed by atoms with Crippen molar-refractivity contribution in [2.75, 3.05) is 30.9 Å². The largest absolute Gasteiger partial charge is 0.378 e. The van der Waals surface area contributed by atoms with Crippen LogP contribution in [0.4, 0.5) is 11.4 Å². The smallest absolute Gasteiger partial charge is 0.348 e. The number of piperidine rings is 1. The molecule has 10 heteroatoms. The Balaban J connectivity index is 1.59. The molecule has 1 amide bonds. The highest BCUT2D eigenvalue weighted by atomic mass is 32.2. The molecule has 1 aliphatic heterocycles. The average molecular weight is 484 g/mol. The molecule has 1 atom stereocenters. The number of fused-ring (bicyclic) bond motifs is 1. The van der Waals surface area contributed by atoms with Crippen LogP contribution in [0.25, 0.3) is 10.9 Å². The quantitative estimate of drug-likeness (QED) is 0.578. The molecule has 0 aliphatic carbocycles. The molecule has 0 saturated carbocycles. The minimum Gasteiger partial charge on any atom is -0.378 e. The molecule has 9 nitrogen and oxygen atoms in total. The number of nitrogens with zero attached hydrogens (tertiary/aromatic N) is 4. The maximum absolute atomic E-state index is 13.2. The van der Waals surface area contributed by atoms with E-state index in [2.05, 4.69) is 10.3 Å². The first-order chi connectivity index (χ1) is 16.2. The normalized spacial score (nSPS) is 17.0. The molecule has 0 radical (unpaired) electrons. The van der Waals surface area contributed by atoms with E-state index >= 15 is 0 Å². The highest BCUT2D eigenvalue weighted by Gasteiger charge is 2.31. The molecule has 0 unspecified atom stereocenters. The lowest BCUT2D eigenvalue weighted by atomic mass is 10.1. The zero-order chi connectivity index (χ0) is 24.5. The Bertz CT molecular complexity index is 1370. The van der Waals surface area contributed by atoms with Gasteiger partial charge in [-0.25, -0.2) is 18.2 Å². The maximum Gasteiger partial charge on any atom is 0.348 e. The predicted molar refractivity (Wildman–Crippen MR) is 133 cm³/mol. The molecule has 34 heavy (non-hydrogen) atoms. The van der Waals surface area contributed by atoms with E-state index in [0.29, 0.717) is 23.1 Å². The van der Waals surface area contributed by atoms with E-state index in [1.807, 2.05) is 38.1 Å². The number of carbonyl (C=O) groups excluding carboxylic acids is 1. The lowest BCUT2D eigenvalue weighted by Gasteiger charge is -2.32. The summed E-state index contributed by atoms with van der Waals surface area (Å²) >= 11 is 0. The van der Waals surface area contributed by atoms with Crippen molar-refractivity contribution >= 4 is 38.2 Å². The van der Waals surface area contributed by atoms with Gasteiger partial charge in [-0.2, -0.15) is 4.31 Å². The van der Waals surface area contributed by atoms with Crippen LogP contribution in [0.1, 0.15) is 26.2 Å². The molecule has 1 fully saturated rings. The highest BCUT2D eigenvalue weighted by Crippen LogP contribution is 2.27. The van der Waals surface area contributed by atoms with Crippen molar-refractivity contribution in [2.45, 2.75) is 43.7 Å². The average Bonchev–Trinajstić information content (AvgIpc) is 2.81. The SMILES string of the molecule is C[C@H]1CCCCN1S(=O)(=O)c1ccc2c(cnc(=O)n2CC(=O)Nc2ccc(N(C)C)cc2)c1. The molecule has 1 saturated heterocycles. The van der Waals surface area contributed by atoms with Gasteiger partial charge in [-0.05, 0) is 62.2 Å². The van der Waals surface area contributed by atoms with Crippen LogP contribution in [0.5, 0.6) is 0 Å². The van der Waals surface area contributed by atoms with Crippen LogP contribution in [0.2, 0.25) is 0 Å². The van der Waals surface area contributed by atoms with Crippen molar-refractivity contribution in [3.63, 3.8) is 0 Å². The molecule has 4 rings (SSSR count). The first-order valence-corrected chi connectivity index (χ1v) is 12.7. The van der Waals surface area contributed by atoms with Crippen LogP contribution in [0, 0.1) is 0 Å². The second-order valence-electron chi connectivity index (χ2n) is 8.80. The Morgan fingerprint density at radius 1 is 1.15 bits per heavy atom. The molecule has 1 aromatic heterocycles. The fraction of sp³-hybridized carbons (Fsp3) is 0.375. The molecular weight excluding hydrogens is 454 g/mol. The number of hydrogen-bond acceptors (Lipinski definition) is 6. The van der Waals surface area contributed by atoms with E-state index in [1.165, 1.54) is 27.2 Å². The van der Waals surface area contributed by atoms with E-state index in [1.54, 1.807) is 18.2 Å². The lowest BCUT2D eigenvalue weighted by Crippen LogP contribution is -2.41. The first-order valence-electron chi connectivity index (χ1n) is 11.3. The highest BCUT2D eigenvalue weighted by molar-refractivity contribution is 7.89. The number of anilines is 2. The van der Waals surface area contributed by atoms with Crippen molar-refractivity contribution < 1.29 is 13.2 Å². The molecule has 180 valence electrons. The van der Waals surface area contributed by atoms with Gasteiger partial charge in [0.05, 0.1) is 10.4 Å². The van der Waals surface area contributed by atoms with Gasteiger partial charge < -0.3 is 10.2 Å². The maximum atomic E-state index is 13.2. The van der Waals surface area contributed by atoms with E-state index in [9.17, 15) is 18.0 Å². The molecule has 1 N–H and O–H groups in total. The number of aromatic nitrogens is 2. The van der Waals surface area contributed by atoms with E-state index in [0.717, 1.165) is 24.9 Å². The monoisotopic (exact) mass is 483 g/mol. The van der Waals surface area contributed by atoms with Gasteiger partial charge in [0.25, 0.3) is 0 Å². The third-order valence-electron chi connectivity index (χ3n) is 6.15. The zero-order valence-corrected chi connectivity index (χ0v) is 20.4. The summed E-state index contributed by atoms with van der Waals surface area (Å²) in [6, 6.07) is 11.9. The number of hydrogen-bond donors (Lipinski definition) is 1. The van der Waals surface area contributed by atoms with Gasteiger partial charge >= 0.3 is 5.69 Å². The van der Waals surface area contributed by atoms with Crippen molar-refractivity contribution in [3.05, 3.63) is 59.1 Å². The number of amides is 1. The molecular formula is C24H29N5O4S. The standard InChI is InChI=1S/C24H29N5O4S/c1-17-6-4-5-13-29(17)34(32,33)21-11-12-22-18(14-21)15-25-24(31)28(22)16-23(30)26-19-7-9-20(10-8-19)27(2)3/h7-12,14-15,17H,4-6,13,16H2,1-3H3,(H,26,30)/t17-/m0/s1. The van der Waals surface area contributed by atoms with Crippen LogP contribution < -0.4 is 15.9 Å². The van der Waals surface area contributed by atoms with Crippen molar-refractivity contribution in [3.8, 4) is 0 Å². The van der Waals surface area contributed by atoms with Gasteiger partial charge in [0.1, 0.15) is 6.54 Å². The second-order valence-corrected chi connectivity index (χ2v) is 10.7. The van der Waals surface area contributed by atoms with Gasteiger partial charge in [0.15, 0.2) is 0 Å². The third kappa shape index (κ3) is 4.83. The lowest BCUT2D eigenvalue weighted by molar-refractivity contribution is -0.116. The number of carbonyl (C=O) groups is 1. The fourth-order valence-corrected chi connectivity index (χ4v) is 5.98. The number of sulfonamides is 1. The number of rotatable bonds is 6. The van der Waals surface area contributed by atoms with E-state index in [4.69, 9.17) is 0 Å². The van der Waals surface area contributed by atoms with Crippen molar-refractivity contribution in [2.24, 2.45) is 0 Å². The number of nitrogens with one attached hydrogen (secondary N) is 1. The van der Waals surface area contributed by atoms with Crippen LogP contribution in [0.15, 0.2) is 58.4 Å². The van der Waals surface area contributed by atoms with E-state index in [-0.39, 0.29) is 23.4 Å². The van der Waals surface area contributed by atoms with Gasteiger partial charge in [0, 0.05) is 49.6 Å². The van der Waals surface area contributed by atoms with Crippen molar-refractivity contribution in [1.29, 1.82) is 0 Å². The summed E-state index contributed by atoms with van der Waals surface area (Å²) in [4.78, 5) is 31.1. The van der Waals surface area contributed by atoms with Crippen LogP contribution in [-0.4, -0.2) is 54.9 Å². The van der Waals surface area contributed by atoms with E-state index < -0.39 is 15.7 Å². The second kappa shape index (κ2) is 9.55. The summed E-state index contributed by atoms with van der Waals surface area (Å²) in [7, 11) is 0.192. The molecule has 1 aliphatic rings. The fourth-order valence-electron chi connectivity index (χ4n) is 4.24. The molecule has 0 spiro atoms. The molecule has 2 aromatic carbocycles. The van der Waals surface area contributed by atoms with Gasteiger partial charge in [-0.1, -0.05) is 6.42 Å². The summed E-state index contributed by atoms with van der Waals surface area (Å²) in [5, 5.41) is 3.26. The summed E-state index contributed by atoms with van der Waals surface area (Å²) < 4.78 is 29.2. The summed E-state index contributed by atoms with van der Waals surface area (Å²) in [5.74, 6) is -0.382. The number of benzene rings is 2. The van der Waals surface area contributed by atoms with Gasteiger partial charge in [-0.3, -0.25) is 9.36 Å². The van der Waals surface area contributed by atoms with Crippen LogP contribution in [-0.2, 0) is 21.4 Å². The first kappa shape index (κ1) is 23.9. The predicted octanol–water partition coefficient (Wildman–Crippen LogP) is 2.66. The Kier molecular flexibility index (Phi) is 6.72. The Hall–Kier alpha value is -3.24. The van der Waals surface area contributed by atoms with Crippen LogP contribution in [0.3, 0.4) is 0 Å². The van der Waals surface area contributed by atoms with Gasteiger partial charge in [0.2, 0.25) is 15.9 Å². The third-order valence-corrected chi connectivity index (χ3v) is 8.16. The summed E-state index contributed by atoms with van der Waals surface area (Å²) in [6.07, 6.45) is 4.04. The zero-order valence-electron chi connectivity index (χ0n) is 19.6. The van der Waals surface area contributed by atoms with Crippen LogP contribution >= 0.6 is 0 Å². The molecule has 3 aromatic rings. The Labute approximate surface area is 199 Å². The molecule has 2 heterocycles. The topological polar surface area (TPSA) is 105 Å². The Morgan fingerprint density at radius 2 is 1.88 bits per heavy atom. The summed E-state index contributed by atoms with van der Waals surface area (Å²) in [6.45, 7) is 2.17. The van der Waals surface area contributed by atoms with Gasteiger partial charge in [-0.15, -0.1) is 0 Å². The Morgan fingerprint density at radius 3 is 2.56 bits per heavy atom. The molecule has 0 bridgehead atoms. The van der Waals surface area contributed by atoms with Crippen molar-refractivity contribution in [1.82, 2.24) is 13.9 Å². The minimum atomic E-state index is -3.66. The summed E-state index contributed by atoms with van der Waals surface area (Å²) in [5.41, 5.74) is 1.48.